The molecule has 3 fully saturated rings. The van der Waals surface area contributed by atoms with Gasteiger partial charge in [0.2, 0.25) is 5.91 Å². The van der Waals surface area contributed by atoms with Gasteiger partial charge in [0.05, 0.1) is 5.60 Å². The molecule has 1 amide bonds. The lowest BCUT2D eigenvalue weighted by molar-refractivity contribution is -0.130. The van der Waals surface area contributed by atoms with E-state index in [0.717, 1.165) is 58.2 Å². The van der Waals surface area contributed by atoms with Crippen LogP contribution in [-0.2, 0) is 4.79 Å². The highest BCUT2D eigenvalue weighted by atomic mass is 16.3. The Kier molecular flexibility index (Phi) is 4.55. The summed E-state index contributed by atoms with van der Waals surface area (Å²) < 4.78 is 0. The SMILES string of the molecule is CC(=O)N1CC[C@@H]2[C@H]1CCCCN2CC1(O)CCCCC1. The normalized spacial score (nSPS) is 33.5. The summed E-state index contributed by atoms with van der Waals surface area (Å²) in [5.41, 5.74) is -0.475. The molecule has 0 aromatic carbocycles. The van der Waals surface area contributed by atoms with Crippen LogP contribution in [0.1, 0.15) is 64.7 Å². The molecule has 0 bridgehead atoms. The van der Waals surface area contributed by atoms with Crippen LogP contribution in [0.2, 0.25) is 0 Å². The second kappa shape index (κ2) is 6.25. The van der Waals surface area contributed by atoms with Gasteiger partial charge < -0.3 is 10.0 Å². The summed E-state index contributed by atoms with van der Waals surface area (Å²) >= 11 is 0. The van der Waals surface area contributed by atoms with E-state index < -0.39 is 5.60 Å². The van der Waals surface area contributed by atoms with Crippen LogP contribution in [0.25, 0.3) is 0 Å². The molecule has 0 aromatic rings. The van der Waals surface area contributed by atoms with E-state index in [1.54, 1.807) is 6.92 Å². The maximum atomic E-state index is 11.8. The molecule has 2 atom stereocenters. The van der Waals surface area contributed by atoms with Crippen molar-refractivity contribution in [1.29, 1.82) is 0 Å². The van der Waals surface area contributed by atoms with Crippen molar-refractivity contribution >= 4 is 5.91 Å². The molecule has 2 heterocycles. The van der Waals surface area contributed by atoms with Gasteiger partial charge in [0.1, 0.15) is 0 Å². The Balaban J connectivity index is 1.70. The van der Waals surface area contributed by atoms with Crippen LogP contribution in [0.15, 0.2) is 0 Å². The van der Waals surface area contributed by atoms with Crippen LogP contribution in [0.5, 0.6) is 0 Å². The molecule has 3 rings (SSSR count). The second-order valence-corrected chi connectivity index (χ2v) is 7.39. The molecular formula is C17H30N2O2. The van der Waals surface area contributed by atoms with E-state index in [-0.39, 0.29) is 5.91 Å². The highest BCUT2D eigenvalue weighted by Gasteiger charge is 2.42. The number of likely N-dealkylation sites (tertiary alicyclic amines) is 2. The fourth-order valence-corrected chi connectivity index (χ4v) is 4.78. The van der Waals surface area contributed by atoms with E-state index in [1.165, 1.54) is 19.3 Å². The second-order valence-electron chi connectivity index (χ2n) is 7.39. The van der Waals surface area contributed by atoms with Crippen molar-refractivity contribution in [3.63, 3.8) is 0 Å². The van der Waals surface area contributed by atoms with Gasteiger partial charge in [-0.3, -0.25) is 9.69 Å². The van der Waals surface area contributed by atoms with Crippen LogP contribution in [0, 0.1) is 0 Å². The van der Waals surface area contributed by atoms with Gasteiger partial charge in [-0.05, 0) is 38.6 Å². The number of hydrogen-bond donors (Lipinski definition) is 1. The van der Waals surface area contributed by atoms with Gasteiger partial charge in [0.15, 0.2) is 0 Å². The summed E-state index contributed by atoms with van der Waals surface area (Å²) in [5, 5.41) is 10.9. The number of hydrogen-bond acceptors (Lipinski definition) is 3. The first-order valence-corrected chi connectivity index (χ1v) is 8.83. The molecule has 1 aliphatic carbocycles. The summed E-state index contributed by atoms with van der Waals surface area (Å²) in [7, 11) is 0. The van der Waals surface area contributed by atoms with Crippen molar-refractivity contribution in [3.05, 3.63) is 0 Å². The van der Waals surface area contributed by atoms with Gasteiger partial charge in [-0.25, -0.2) is 0 Å². The third kappa shape index (κ3) is 3.26. The Morgan fingerprint density at radius 3 is 2.52 bits per heavy atom. The highest BCUT2D eigenvalue weighted by Crippen LogP contribution is 2.34. The van der Waals surface area contributed by atoms with E-state index in [9.17, 15) is 9.90 Å². The third-order valence-electron chi connectivity index (χ3n) is 5.86. The lowest BCUT2D eigenvalue weighted by atomic mass is 9.84. The van der Waals surface area contributed by atoms with Crippen molar-refractivity contribution in [1.82, 2.24) is 9.80 Å². The fourth-order valence-electron chi connectivity index (χ4n) is 4.78. The first-order valence-electron chi connectivity index (χ1n) is 8.83. The predicted octanol–water partition coefficient (Wildman–Crippen LogP) is 2.16. The number of carbonyl (C=O) groups is 1. The molecular weight excluding hydrogens is 264 g/mol. The van der Waals surface area contributed by atoms with Gasteiger partial charge in [0.25, 0.3) is 0 Å². The molecule has 0 radical (unpaired) electrons. The molecule has 4 nitrogen and oxygen atoms in total. The van der Waals surface area contributed by atoms with Gasteiger partial charge in [0, 0.05) is 32.1 Å². The van der Waals surface area contributed by atoms with Crippen molar-refractivity contribution in [2.75, 3.05) is 19.6 Å². The number of rotatable bonds is 2. The lowest BCUT2D eigenvalue weighted by Crippen LogP contribution is -2.51. The minimum absolute atomic E-state index is 0.223. The minimum Gasteiger partial charge on any atom is -0.389 e. The monoisotopic (exact) mass is 294 g/mol. The average molecular weight is 294 g/mol. The van der Waals surface area contributed by atoms with Gasteiger partial charge in [-0.2, -0.15) is 0 Å². The fraction of sp³-hybridized carbons (Fsp3) is 0.941. The lowest BCUT2D eigenvalue weighted by Gasteiger charge is -2.40. The van der Waals surface area contributed by atoms with Gasteiger partial charge in [-0.1, -0.05) is 25.7 Å². The maximum absolute atomic E-state index is 11.8. The highest BCUT2D eigenvalue weighted by molar-refractivity contribution is 5.74. The van der Waals surface area contributed by atoms with Crippen LogP contribution < -0.4 is 0 Å². The Morgan fingerprint density at radius 1 is 1.05 bits per heavy atom. The predicted molar refractivity (Wildman–Crippen MR) is 83.0 cm³/mol. The molecule has 3 aliphatic rings. The number of β-amino-alcohol motifs (C(OH)–C–C–N with tert-alkyl or cyclic N) is 1. The summed E-state index contributed by atoms with van der Waals surface area (Å²) in [5.74, 6) is 0.223. The van der Waals surface area contributed by atoms with Crippen LogP contribution in [-0.4, -0.2) is 58.1 Å². The van der Waals surface area contributed by atoms with Gasteiger partial charge >= 0.3 is 0 Å². The molecule has 1 saturated carbocycles. The Bertz CT molecular complexity index is 379. The zero-order valence-corrected chi connectivity index (χ0v) is 13.4. The van der Waals surface area contributed by atoms with Crippen LogP contribution in [0.3, 0.4) is 0 Å². The number of nitrogens with zero attached hydrogens (tertiary/aromatic N) is 2. The number of carbonyl (C=O) groups excluding carboxylic acids is 1. The van der Waals surface area contributed by atoms with Crippen LogP contribution >= 0.6 is 0 Å². The molecule has 0 spiro atoms. The minimum atomic E-state index is -0.475. The standard InChI is InChI=1S/C17H30N2O2/c1-14(20)19-12-8-15-16(19)7-3-6-11-18(15)13-17(21)9-4-2-5-10-17/h15-16,21H,2-13H2,1H3/t15-,16-/m1/s1. The molecule has 2 aliphatic heterocycles. The molecule has 2 saturated heterocycles. The topological polar surface area (TPSA) is 43.8 Å². The van der Waals surface area contributed by atoms with E-state index in [1.807, 2.05) is 0 Å². The Morgan fingerprint density at radius 2 is 1.81 bits per heavy atom. The van der Waals surface area contributed by atoms with Crippen LogP contribution in [0.4, 0.5) is 0 Å². The summed E-state index contributed by atoms with van der Waals surface area (Å²) in [6.07, 6.45) is 10.1. The number of aliphatic hydroxyl groups is 1. The summed E-state index contributed by atoms with van der Waals surface area (Å²) in [4.78, 5) is 16.4. The molecule has 21 heavy (non-hydrogen) atoms. The van der Waals surface area contributed by atoms with E-state index >= 15 is 0 Å². The molecule has 120 valence electrons. The quantitative estimate of drug-likeness (QED) is 0.849. The number of amides is 1. The summed E-state index contributed by atoms with van der Waals surface area (Å²) in [6.45, 7) is 4.51. The van der Waals surface area contributed by atoms with Crippen molar-refractivity contribution in [3.8, 4) is 0 Å². The maximum Gasteiger partial charge on any atom is 0.219 e. The average Bonchev–Trinajstić information content (AvgIpc) is 2.78. The van der Waals surface area contributed by atoms with E-state index in [4.69, 9.17) is 0 Å². The van der Waals surface area contributed by atoms with Gasteiger partial charge in [-0.15, -0.1) is 0 Å². The Hall–Kier alpha value is -0.610. The molecule has 4 heteroatoms. The van der Waals surface area contributed by atoms with Crippen molar-refractivity contribution < 1.29 is 9.90 Å². The zero-order chi connectivity index (χ0) is 14.9. The van der Waals surface area contributed by atoms with Crippen molar-refractivity contribution in [2.24, 2.45) is 0 Å². The van der Waals surface area contributed by atoms with E-state index in [0.29, 0.717) is 12.1 Å². The third-order valence-corrected chi connectivity index (χ3v) is 5.86. The Labute approximate surface area is 128 Å². The molecule has 1 N–H and O–H groups in total. The van der Waals surface area contributed by atoms with Crippen molar-refractivity contribution in [2.45, 2.75) is 82.4 Å². The number of fused-ring (bicyclic) bond motifs is 1. The zero-order valence-electron chi connectivity index (χ0n) is 13.4. The smallest absolute Gasteiger partial charge is 0.219 e. The first kappa shape index (κ1) is 15.3. The summed E-state index contributed by atoms with van der Waals surface area (Å²) in [6, 6.07) is 0.861. The molecule has 0 aromatic heterocycles. The van der Waals surface area contributed by atoms with E-state index in [2.05, 4.69) is 9.80 Å². The molecule has 0 unspecified atom stereocenters. The first-order chi connectivity index (χ1) is 10.1. The largest absolute Gasteiger partial charge is 0.389 e.